The van der Waals surface area contributed by atoms with Gasteiger partial charge in [-0.05, 0) is 20.8 Å². The molecular weight excluding hydrogens is 151 g/mol. The molecule has 0 N–H and O–H groups in total. The molecule has 0 saturated carbocycles. The fourth-order valence-corrected chi connectivity index (χ4v) is 1.80. The molecule has 4 heteroatoms. The van der Waals surface area contributed by atoms with Crippen LogP contribution in [0.3, 0.4) is 0 Å². The summed E-state index contributed by atoms with van der Waals surface area (Å²) in [7, 11) is -1.02. The Hall–Kier alpha value is 0.310. The van der Waals surface area contributed by atoms with Crippen LogP contribution in [0.25, 0.3) is 0 Å². The molecule has 0 aromatic heterocycles. The van der Waals surface area contributed by atoms with E-state index in [9.17, 15) is 0 Å². The van der Waals surface area contributed by atoms with E-state index in [-0.39, 0.29) is 12.2 Å². The van der Waals surface area contributed by atoms with Gasteiger partial charge >= 0.3 is 8.60 Å². The lowest BCUT2D eigenvalue weighted by molar-refractivity contribution is 0.187. The third-order valence-electron chi connectivity index (χ3n) is 0.978. The summed E-state index contributed by atoms with van der Waals surface area (Å²) in [6, 6.07) is 0. The van der Waals surface area contributed by atoms with Gasteiger partial charge in [-0.15, -0.1) is 0 Å². The van der Waals surface area contributed by atoms with Gasteiger partial charge in [-0.25, -0.2) is 0 Å². The van der Waals surface area contributed by atoms with Crippen molar-refractivity contribution in [3.8, 4) is 0 Å². The minimum Gasteiger partial charge on any atom is -0.309 e. The number of hydrogen-bond donors (Lipinski definition) is 0. The molecule has 2 unspecified atom stereocenters. The maximum Gasteiger partial charge on any atom is 0.333 e. The Kier molecular flexibility index (Phi) is 3.05. The van der Waals surface area contributed by atoms with E-state index in [0.29, 0.717) is 6.61 Å². The molecule has 1 heterocycles. The van der Waals surface area contributed by atoms with Crippen molar-refractivity contribution >= 4 is 8.60 Å². The van der Waals surface area contributed by atoms with E-state index in [2.05, 4.69) is 0 Å². The maximum absolute atomic E-state index is 5.30. The summed E-state index contributed by atoms with van der Waals surface area (Å²) in [5.74, 6) is 0. The van der Waals surface area contributed by atoms with Crippen LogP contribution in [0, 0.1) is 0 Å². The van der Waals surface area contributed by atoms with Crippen molar-refractivity contribution in [2.24, 2.45) is 0 Å². The summed E-state index contributed by atoms with van der Waals surface area (Å²) >= 11 is 0. The Bertz CT molecular complexity index is 107. The van der Waals surface area contributed by atoms with Crippen molar-refractivity contribution in [1.29, 1.82) is 0 Å². The van der Waals surface area contributed by atoms with Crippen LogP contribution in [0.4, 0.5) is 0 Å². The first kappa shape index (κ1) is 8.41. The lowest BCUT2D eigenvalue weighted by Crippen LogP contribution is -2.00. The second kappa shape index (κ2) is 3.63. The topological polar surface area (TPSA) is 27.7 Å². The van der Waals surface area contributed by atoms with Crippen LogP contribution in [0.1, 0.15) is 20.8 Å². The predicted octanol–water partition coefficient (Wildman–Crippen LogP) is 2.07. The quantitative estimate of drug-likeness (QED) is 0.585. The van der Waals surface area contributed by atoms with Gasteiger partial charge in [-0.3, -0.25) is 0 Å². The minimum atomic E-state index is -1.02. The molecule has 60 valence electrons. The molecule has 10 heavy (non-hydrogen) atoms. The fraction of sp³-hybridized carbons (Fsp3) is 1.00. The van der Waals surface area contributed by atoms with E-state index in [1.807, 2.05) is 20.8 Å². The monoisotopic (exact) mass is 164 g/mol. The molecule has 0 amide bonds. The van der Waals surface area contributed by atoms with E-state index >= 15 is 0 Å². The highest BCUT2D eigenvalue weighted by molar-refractivity contribution is 7.42. The number of rotatable bonds is 2. The van der Waals surface area contributed by atoms with Crippen LogP contribution >= 0.6 is 8.60 Å². The summed E-state index contributed by atoms with van der Waals surface area (Å²) in [6.45, 7) is 6.58. The average molecular weight is 164 g/mol. The molecule has 0 aromatic rings. The van der Waals surface area contributed by atoms with Gasteiger partial charge in [0, 0.05) is 0 Å². The Morgan fingerprint density at radius 1 is 1.60 bits per heavy atom. The molecule has 3 nitrogen and oxygen atoms in total. The zero-order valence-electron chi connectivity index (χ0n) is 6.53. The van der Waals surface area contributed by atoms with Gasteiger partial charge in [0.15, 0.2) is 0 Å². The van der Waals surface area contributed by atoms with Crippen LogP contribution in [-0.4, -0.2) is 18.8 Å². The van der Waals surface area contributed by atoms with E-state index < -0.39 is 8.60 Å². The SMILES string of the molecule is CC(C)OP1OCC(C)O1. The van der Waals surface area contributed by atoms with Crippen LogP contribution in [-0.2, 0) is 13.6 Å². The second-order valence-corrected chi connectivity index (χ2v) is 3.72. The van der Waals surface area contributed by atoms with Crippen molar-refractivity contribution < 1.29 is 13.6 Å². The average Bonchev–Trinajstić information content (AvgIpc) is 2.13. The summed E-state index contributed by atoms with van der Waals surface area (Å²) in [5, 5.41) is 0. The van der Waals surface area contributed by atoms with Crippen molar-refractivity contribution in [2.45, 2.75) is 33.0 Å². The maximum atomic E-state index is 5.30. The van der Waals surface area contributed by atoms with E-state index in [4.69, 9.17) is 13.6 Å². The van der Waals surface area contributed by atoms with Gasteiger partial charge in [0.25, 0.3) is 0 Å². The summed E-state index contributed by atoms with van der Waals surface area (Å²) < 4.78 is 15.8. The molecule has 0 aliphatic carbocycles. The van der Waals surface area contributed by atoms with Crippen LogP contribution < -0.4 is 0 Å². The molecule has 1 fully saturated rings. The highest BCUT2D eigenvalue weighted by Crippen LogP contribution is 2.46. The van der Waals surface area contributed by atoms with Gasteiger partial charge in [0.2, 0.25) is 0 Å². The Balaban J connectivity index is 2.18. The first-order valence-corrected chi connectivity index (χ1v) is 4.54. The van der Waals surface area contributed by atoms with E-state index in [1.54, 1.807) is 0 Å². The van der Waals surface area contributed by atoms with Crippen molar-refractivity contribution in [3.05, 3.63) is 0 Å². The van der Waals surface area contributed by atoms with E-state index in [1.165, 1.54) is 0 Å². The summed E-state index contributed by atoms with van der Waals surface area (Å²) in [6.07, 6.45) is 0.390. The van der Waals surface area contributed by atoms with Crippen LogP contribution in [0.15, 0.2) is 0 Å². The lowest BCUT2D eigenvalue weighted by Gasteiger charge is -2.10. The molecular formula is C6H13O3P. The van der Waals surface area contributed by atoms with Gasteiger partial charge < -0.3 is 13.6 Å². The van der Waals surface area contributed by atoms with Gasteiger partial charge in [-0.1, -0.05) is 0 Å². The molecule has 0 spiro atoms. The normalized spacial score (nSPS) is 33.6. The third kappa shape index (κ3) is 2.51. The first-order valence-electron chi connectivity index (χ1n) is 3.45. The largest absolute Gasteiger partial charge is 0.333 e. The zero-order valence-corrected chi connectivity index (χ0v) is 7.43. The Morgan fingerprint density at radius 3 is 2.70 bits per heavy atom. The molecule has 1 rings (SSSR count). The fourth-order valence-electron chi connectivity index (χ4n) is 0.601. The molecule has 1 aliphatic rings. The van der Waals surface area contributed by atoms with Crippen LogP contribution in [0.5, 0.6) is 0 Å². The van der Waals surface area contributed by atoms with Crippen LogP contribution in [0.2, 0.25) is 0 Å². The van der Waals surface area contributed by atoms with Crippen molar-refractivity contribution in [3.63, 3.8) is 0 Å². The van der Waals surface area contributed by atoms with Gasteiger partial charge in [0.1, 0.15) is 0 Å². The molecule has 0 radical (unpaired) electrons. The van der Waals surface area contributed by atoms with Crippen molar-refractivity contribution in [1.82, 2.24) is 0 Å². The Morgan fingerprint density at radius 2 is 2.30 bits per heavy atom. The summed E-state index contributed by atoms with van der Waals surface area (Å²) in [4.78, 5) is 0. The molecule has 0 bridgehead atoms. The third-order valence-corrected chi connectivity index (χ3v) is 2.46. The smallest absolute Gasteiger partial charge is 0.309 e. The van der Waals surface area contributed by atoms with Gasteiger partial charge in [0.05, 0.1) is 18.8 Å². The first-order chi connectivity index (χ1) is 4.68. The highest BCUT2D eigenvalue weighted by Gasteiger charge is 2.25. The Labute approximate surface area is 62.7 Å². The minimum absolute atomic E-state index is 0.191. The second-order valence-electron chi connectivity index (χ2n) is 2.59. The summed E-state index contributed by atoms with van der Waals surface area (Å²) in [5.41, 5.74) is 0. The molecule has 0 aromatic carbocycles. The van der Waals surface area contributed by atoms with Gasteiger partial charge in [-0.2, -0.15) is 0 Å². The molecule has 2 atom stereocenters. The zero-order chi connectivity index (χ0) is 7.56. The highest BCUT2D eigenvalue weighted by atomic mass is 31.2. The van der Waals surface area contributed by atoms with Crippen molar-refractivity contribution in [2.75, 3.05) is 6.61 Å². The standard InChI is InChI=1S/C6H13O3P/c1-5(2)8-10-7-4-6(3)9-10/h5-6H,4H2,1-3H3. The lowest BCUT2D eigenvalue weighted by atomic mass is 10.5. The van der Waals surface area contributed by atoms with E-state index in [0.717, 1.165) is 0 Å². The number of hydrogen-bond acceptors (Lipinski definition) is 3. The molecule has 1 aliphatic heterocycles. The predicted molar refractivity (Wildman–Crippen MR) is 39.6 cm³/mol. The molecule has 1 saturated heterocycles.